The number of ether oxygens (including phenoxy) is 1. The maximum atomic E-state index is 13.6. The highest BCUT2D eigenvalue weighted by atomic mass is 79.9. The van der Waals surface area contributed by atoms with Gasteiger partial charge >= 0.3 is 5.97 Å². The highest BCUT2D eigenvalue weighted by Gasteiger charge is 2.53. The van der Waals surface area contributed by atoms with Gasteiger partial charge in [-0.05, 0) is 24.3 Å². The van der Waals surface area contributed by atoms with Crippen LogP contribution in [0.1, 0.15) is 49.8 Å². The molecule has 4 fully saturated rings. The summed E-state index contributed by atoms with van der Waals surface area (Å²) in [4.78, 5) is 26.9. The molecule has 0 spiro atoms. The highest BCUT2D eigenvalue weighted by Crippen LogP contribution is 2.43. The molecule has 3 saturated heterocycles. The zero-order valence-electron chi connectivity index (χ0n) is 19.2. The first-order chi connectivity index (χ1) is 16.0. The van der Waals surface area contributed by atoms with Crippen LogP contribution in [0.25, 0.3) is 0 Å². The van der Waals surface area contributed by atoms with Crippen molar-refractivity contribution in [3.05, 3.63) is 34.7 Å². The van der Waals surface area contributed by atoms with Gasteiger partial charge in [-0.3, -0.25) is 4.79 Å². The fourth-order valence-corrected chi connectivity index (χ4v) is 6.94. The summed E-state index contributed by atoms with van der Waals surface area (Å²) >= 11 is 1.42. The number of esters is 1. The van der Waals surface area contributed by atoms with Crippen LogP contribution in [0, 0.1) is 11.8 Å². The largest absolute Gasteiger partial charge is 1.00 e. The van der Waals surface area contributed by atoms with Gasteiger partial charge in [-0.15, -0.1) is 11.3 Å². The topological polar surface area (TPSA) is 102 Å². The minimum absolute atomic E-state index is 0. The molecule has 1 amide bonds. The molecular formula is C24H32BrN3O5S. The molecule has 34 heavy (non-hydrogen) atoms. The third kappa shape index (κ3) is 4.96. The van der Waals surface area contributed by atoms with Gasteiger partial charge < -0.3 is 41.1 Å². The number of amides is 1. The molecule has 2 aromatic heterocycles. The van der Waals surface area contributed by atoms with Crippen molar-refractivity contribution in [2.45, 2.75) is 56.7 Å². The first kappa shape index (κ1) is 25.3. The Morgan fingerprint density at radius 3 is 2.62 bits per heavy atom. The maximum Gasteiger partial charge on any atom is 0.344 e. The zero-order chi connectivity index (χ0) is 22.9. The van der Waals surface area contributed by atoms with Crippen molar-refractivity contribution in [1.82, 2.24) is 5.16 Å². The number of halogens is 1. The Bertz CT molecular complexity index is 955. The van der Waals surface area contributed by atoms with Crippen LogP contribution in [-0.2, 0) is 19.9 Å². The molecule has 0 aromatic carbocycles. The molecule has 2 bridgehead atoms. The van der Waals surface area contributed by atoms with Crippen LogP contribution < -0.4 is 22.3 Å². The SMILES string of the molecule is O=C(C[N+]12CCC(CC1)[C@@H](OC(=O)C(O)(c1cccs1)C1CCCCC1)C2)Nc1ccon1.[Br-]. The van der Waals surface area contributed by atoms with Crippen LogP contribution in [0.15, 0.2) is 34.4 Å². The van der Waals surface area contributed by atoms with Crippen molar-refractivity contribution in [2.75, 3.05) is 31.5 Å². The van der Waals surface area contributed by atoms with E-state index < -0.39 is 11.6 Å². The lowest BCUT2D eigenvalue weighted by Crippen LogP contribution is -3.00. The number of nitrogens with one attached hydrogen (secondary N) is 1. The number of carbonyl (C=O) groups excluding carboxylic acids is 2. The van der Waals surface area contributed by atoms with Crippen molar-refractivity contribution < 1.29 is 45.4 Å². The second-order valence-corrected chi connectivity index (χ2v) is 10.9. The van der Waals surface area contributed by atoms with E-state index in [9.17, 15) is 14.7 Å². The summed E-state index contributed by atoms with van der Waals surface area (Å²) < 4.78 is 11.5. The number of carbonyl (C=O) groups is 2. The average molecular weight is 555 g/mol. The number of hydrogen-bond acceptors (Lipinski definition) is 7. The van der Waals surface area contributed by atoms with Crippen LogP contribution in [0.5, 0.6) is 0 Å². The number of fused-ring (bicyclic) bond motifs is 3. The van der Waals surface area contributed by atoms with Gasteiger partial charge in [0.2, 0.25) is 0 Å². The van der Waals surface area contributed by atoms with Gasteiger partial charge in [-0.1, -0.05) is 30.5 Å². The van der Waals surface area contributed by atoms with Gasteiger partial charge in [-0.25, -0.2) is 4.79 Å². The number of aliphatic hydroxyl groups is 1. The molecule has 6 rings (SSSR count). The number of nitrogens with zero attached hydrogens (tertiary/aromatic N) is 2. The average Bonchev–Trinajstić information content (AvgIpc) is 3.54. The van der Waals surface area contributed by atoms with E-state index in [1.807, 2.05) is 17.5 Å². The van der Waals surface area contributed by atoms with Crippen LogP contribution in [-0.4, -0.2) is 58.9 Å². The summed E-state index contributed by atoms with van der Waals surface area (Å²) in [5, 5.41) is 20.2. The van der Waals surface area contributed by atoms with Gasteiger partial charge in [0.1, 0.15) is 12.8 Å². The quantitative estimate of drug-likeness (QED) is 0.377. The zero-order valence-corrected chi connectivity index (χ0v) is 21.6. The molecule has 8 nitrogen and oxygen atoms in total. The van der Waals surface area contributed by atoms with Crippen molar-refractivity contribution in [1.29, 1.82) is 0 Å². The summed E-state index contributed by atoms with van der Waals surface area (Å²) in [7, 11) is 0. The van der Waals surface area contributed by atoms with E-state index in [4.69, 9.17) is 9.26 Å². The molecular weight excluding hydrogens is 522 g/mol. The molecule has 5 heterocycles. The van der Waals surface area contributed by atoms with E-state index in [0.717, 1.165) is 58.0 Å². The van der Waals surface area contributed by atoms with E-state index in [1.165, 1.54) is 17.6 Å². The lowest BCUT2D eigenvalue weighted by atomic mass is 9.75. The van der Waals surface area contributed by atoms with Gasteiger partial charge in [0.15, 0.2) is 24.1 Å². The minimum Gasteiger partial charge on any atom is -1.00 e. The summed E-state index contributed by atoms with van der Waals surface area (Å²) in [6.45, 7) is 2.70. The Morgan fingerprint density at radius 2 is 1.97 bits per heavy atom. The van der Waals surface area contributed by atoms with E-state index in [1.54, 1.807) is 6.07 Å². The molecule has 1 saturated carbocycles. The van der Waals surface area contributed by atoms with Crippen LogP contribution in [0.4, 0.5) is 5.82 Å². The fourth-order valence-electron chi connectivity index (χ4n) is 6.05. The monoisotopic (exact) mass is 553 g/mol. The number of aromatic nitrogens is 1. The standard InChI is InChI=1S/C24H31N3O5S.BrH/c28-22(25-21-10-13-31-26-21)16-27-11-8-17(9-12-27)19(15-27)32-23(29)24(30,20-7-4-14-33-20)18-5-2-1-3-6-18;/h4,7,10,13-14,17-19,30H,1-3,5-6,8-9,11-12,15-16H2;1H/t17?,19-,24?,27?;/m0./s1. The predicted octanol–water partition coefficient (Wildman–Crippen LogP) is 0.299. The molecule has 2 N–H and O–H groups in total. The number of quaternary nitrogens is 1. The Morgan fingerprint density at radius 1 is 1.21 bits per heavy atom. The van der Waals surface area contributed by atoms with E-state index in [0.29, 0.717) is 28.3 Å². The number of hydrogen-bond donors (Lipinski definition) is 2. The first-order valence-electron chi connectivity index (χ1n) is 12.0. The second kappa shape index (κ2) is 10.5. The third-order valence-electron chi connectivity index (χ3n) is 7.89. The summed E-state index contributed by atoms with van der Waals surface area (Å²) in [6, 6.07) is 5.34. The molecule has 3 aliphatic heterocycles. The van der Waals surface area contributed by atoms with Gasteiger partial charge in [0, 0.05) is 35.6 Å². The van der Waals surface area contributed by atoms with Crippen LogP contribution >= 0.6 is 11.3 Å². The first-order valence-corrected chi connectivity index (χ1v) is 12.9. The second-order valence-electron chi connectivity index (χ2n) is 9.92. The smallest absolute Gasteiger partial charge is 0.344 e. The predicted molar refractivity (Wildman–Crippen MR) is 122 cm³/mol. The number of rotatable bonds is 7. The molecule has 2 aromatic rings. The van der Waals surface area contributed by atoms with Crippen molar-refractivity contribution in [3.63, 3.8) is 0 Å². The summed E-state index contributed by atoms with van der Waals surface area (Å²) in [5.41, 5.74) is -1.59. The Balaban J connectivity index is 0.00000274. The molecule has 4 aliphatic rings. The lowest BCUT2D eigenvalue weighted by molar-refractivity contribution is -0.939. The summed E-state index contributed by atoms with van der Waals surface area (Å²) in [5.74, 6) is -0.0599. The van der Waals surface area contributed by atoms with Crippen molar-refractivity contribution >= 4 is 29.0 Å². The van der Waals surface area contributed by atoms with Crippen molar-refractivity contribution in [2.24, 2.45) is 11.8 Å². The maximum absolute atomic E-state index is 13.6. The van der Waals surface area contributed by atoms with Gasteiger partial charge in [0.25, 0.3) is 5.91 Å². The highest BCUT2D eigenvalue weighted by molar-refractivity contribution is 7.10. The van der Waals surface area contributed by atoms with E-state index in [-0.39, 0.29) is 40.8 Å². The molecule has 1 aliphatic carbocycles. The summed E-state index contributed by atoms with van der Waals surface area (Å²) in [6.07, 6.45) is 7.83. The van der Waals surface area contributed by atoms with Crippen LogP contribution in [0.3, 0.4) is 0 Å². The van der Waals surface area contributed by atoms with Crippen molar-refractivity contribution in [3.8, 4) is 0 Å². The Labute approximate surface area is 214 Å². The van der Waals surface area contributed by atoms with Gasteiger partial charge in [0.05, 0.1) is 13.1 Å². The minimum atomic E-state index is -1.59. The Kier molecular flexibility index (Phi) is 7.81. The molecule has 186 valence electrons. The number of piperidine rings is 3. The van der Waals surface area contributed by atoms with E-state index in [2.05, 4.69) is 10.5 Å². The lowest BCUT2D eigenvalue weighted by Gasteiger charge is -2.52. The van der Waals surface area contributed by atoms with E-state index >= 15 is 0 Å². The molecule has 10 heteroatoms. The third-order valence-corrected chi connectivity index (χ3v) is 8.88. The van der Waals surface area contributed by atoms with Gasteiger partial charge in [-0.2, -0.15) is 0 Å². The number of anilines is 1. The molecule has 0 radical (unpaired) electrons. The Hall–Kier alpha value is -1.75. The normalized spacial score (nSPS) is 28.5. The fraction of sp³-hybridized carbons (Fsp3) is 0.625. The molecule has 1 unspecified atom stereocenters. The van der Waals surface area contributed by atoms with Crippen LogP contribution in [0.2, 0.25) is 0 Å². The molecule has 2 atom stereocenters. The number of thiophene rings is 1.